The van der Waals surface area contributed by atoms with Gasteiger partial charge in [0.25, 0.3) is 0 Å². The van der Waals surface area contributed by atoms with Crippen LogP contribution in [0.25, 0.3) is 66.5 Å². The molecule has 0 bridgehead atoms. The van der Waals surface area contributed by atoms with Crippen LogP contribution < -0.4 is 0 Å². The summed E-state index contributed by atoms with van der Waals surface area (Å²) in [7, 11) is 0. The molecule has 0 aliphatic rings. The van der Waals surface area contributed by atoms with Crippen LogP contribution in [0.3, 0.4) is 0 Å². The van der Waals surface area contributed by atoms with Crippen LogP contribution in [-0.2, 0) is 0 Å². The molecule has 0 amide bonds. The van der Waals surface area contributed by atoms with E-state index < -0.39 is 0 Å². The topological polar surface area (TPSA) is 53.4 Å². The zero-order valence-corrected chi connectivity index (χ0v) is 23.7. The van der Waals surface area contributed by atoms with Crippen molar-refractivity contribution >= 4 is 10.9 Å². The van der Waals surface area contributed by atoms with E-state index >= 15 is 0 Å². The molecule has 0 atom stereocenters. The number of benzene rings is 6. The van der Waals surface area contributed by atoms with Gasteiger partial charge in [0.15, 0.2) is 0 Å². The van der Waals surface area contributed by atoms with Crippen molar-refractivity contribution < 1.29 is 10.2 Å². The Morgan fingerprint density at radius 2 is 0.814 bits per heavy atom. The largest absolute Gasteiger partial charge is 0.507 e. The van der Waals surface area contributed by atoms with E-state index in [2.05, 4.69) is 30.3 Å². The highest BCUT2D eigenvalue weighted by molar-refractivity contribution is 5.97. The zero-order valence-electron chi connectivity index (χ0n) is 23.7. The lowest BCUT2D eigenvalue weighted by atomic mass is 9.89. The van der Waals surface area contributed by atoms with Gasteiger partial charge in [0.2, 0.25) is 0 Å². The summed E-state index contributed by atoms with van der Waals surface area (Å²) in [5.74, 6) is 0.428. The molecule has 0 spiro atoms. The first-order chi connectivity index (χ1) is 21.1. The van der Waals surface area contributed by atoms with Crippen LogP contribution in [0.1, 0.15) is 5.69 Å². The predicted octanol–water partition coefficient (Wildman–Crippen LogP) is 10.3. The van der Waals surface area contributed by atoms with E-state index in [0.717, 1.165) is 61.1 Å². The second-order valence-corrected chi connectivity index (χ2v) is 10.8. The molecule has 0 aliphatic heterocycles. The molecule has 2 N–H and O–H groups in total. The fraction of sp³-hybridized carbons (Fsp3) is 0.0250. The Labute approximate surface area is 251 Å². The Kier molecular flexibility index (Phi) is 6.69. The minimum absolute atomic E-state index is 0.214. The maximum absolute atomic E-state index is 11.6. The third-order valence-corrected chi connectivity index (χ3v) is 7.97. The summed E-state index contributed by atoms with van der Waals surface area (Å²) in [5, 5.41) is 24.3. The number of aromatic nitrogens is 1. The first-order valence-electron chi connectivity index (χ1n) is 14.3. The third-order valence-electron chi connectivity index (χ3n) is 7.97. The van der Waals surface area contributed by atoms with Crippen molar-refractivity contribution in [2.45, 2.75) is 6.92 Å². The Hall–Kier alpha value is -5.67. The molecule has 7 aromatic rings. The lowest BCUT2D eigenvalue weighted by molar-refractivity contribution is 0.479. The monoisotopic (exact) mass is 555 g/mol. The lowest BCUT2D eigenvalue weighted by Gasteiger charge is -2.16. The van der Waals surface area contributed by atoms with Gasteiger partial charge in [0.1, 0.15) is 11.5 Å². The van der Waals surface area contributed by atoms with Crippen molar-refractivity contribution in [3.05, 3.63) is 151 Å². The standard InChI is InChI=1S/C40H29NO2/c1-26-21-22-29-15-8-16-33(38(29)41-26)30-23-31(36-19-9-17-34(39(36)42)27-11-4-2-5-12-27)25-32(24-30)37-20-10-18-35(40(37)43)28-13-6-3-7-14-28/h2-25,42-43H,1H3. The van der Waals surface area contributed by atoms with Gasteiger partial charge in [0, 0.05) is 38.9 Å². The molecular weight excluding hydrogens is 526 g/mol. The summed E-state index contributed by atoms with van der Waals surface area (Å²) >= 11 is 0. The Bertz CT molecular complexity index is 1990. The molecule has 1 heterocycles. The number of fused-ring (bicyclic) bond motifs is 1. The highest BCUT2D eigenvalue weighted by Crippen LogP contribution is 2.44. The zero-order chi connectivity index (χ0) is 29.3. The van der Waals surface area contributed by atoms with Gasteiger partial charge in [-0.3, -0.25) is 4.98 Å². The molecule has 1 aromatic heterocycles. The highest BCUT2D eigenvalue weighted by atomic mass is 16.3. The average molecular weight is 556 g/mol. The van der Waals surface area contributed by atoms with Crippen LogP contribution in [-0.4, -0.2) is 15.2 Å². The molecule has 3 heteroatoms. The predicted molar refractivity (Wildman–Crippen MR) is 177 cm³/mol. The number of pyridine rings is 1. The quantitative estimate of drug-likeness (QED) is 0.222. The van der Waals surface area contributed by atoms with Crippen molar-refractivity contribution in [3.8, 4) is 67.1 Å². The Balaban J connectivity index is 1.48. The van der Waals surface area contributed by atoms with Crippen LogP contribution in [0.2, 0.25) is 0 Å². The molecule has 3 nitrogen and oxygen atoms in total. The minimum atomic E-state index is 0.214. The smallest absolute Gasteiger partial charge is 0.131 e. The second kappa shape index (κ2) is 11.0. The van der Waals surface area contributed by atoms with E-state index in [4.69, 9.17) is 4.98 Å². The fourth-order valence-corrected chi connectivity index (χ4v) is 5.83. The molecule has 7 rings (SSSR count). The highest BCUT2D eigenvalue weighted by Gasteiger charge is 2.17. The Morgan fingerprint density at radius 3 is 1.33 bits per heavy atom. The molecule has 0 fully saturated rings. The number of para-hydroxylation sites is 3. The molecule has 206 valence electrons. The van der Waals surface area contributed by atoms with Crippen molar-refractivity contribution in [2.24, 2.45) is 0 Å². The van der Waals surface area contributed by atoms with Crippen molar-refractivity contribution in [3.63, 3.8) is 0 Å². The number of phenolic OH excluding ortho intramolecular Hbond substituents is 2. The number of aryl methyl sites for hydroxylation is 1. The lowest BCUT2D eigenvalue weighted by Crippen LogP contribution is -1.91. The van der Waals surface area contributed by atoms with Crippen molar-refractivity contribution in [2.75, 3.05) is 0 Å². The van der Waals surface area contributed by atoms with E-state index in [0.29, 0.717) is 11.1 Å². The third kappa shape index (κ3) is 4.92. The van der Waals surface area contributed by atoms with Gasteiger partial charge in [0.05, 0.1) is 5.52 Å². The van der Waals surface area contributed by atoms with Gasteiger partial charge < -0.3 is 10.2 Å². The van der Waals surface area contributed by atoms with Gasteiger partial charge in [-0.1, -0.05) is 121 Å². The van der Waals surface area contributed by atoms with Gasteiger partial charge in [-0.05, 0) is 59.0 Å². The first-order valence-corrected chi connectivity index (χ1v) is 14.3. The SMILES string of the molecule is Cc1ccc2cccc(-c3cc(-c4cccc(-c5ccccc5)c4O)cc(-c4cccc(-c5ccccc5)c4O)c3)c2n1. The van der Waals surface area contributed by atoms with E-state index in [1.807, 2.05) is 122 Å². The number of hydrogen-bond acceptors (Lipinski definition) is 3. The maximum atomic E-state index is 11.6. The summed E-state index contributed by atoms with van der Waals surface area (Å²) in [6.45, 7) is 2.00. The summed E-state index contributed by atoms with van der Waals surface area (Å²) in [4.78, 5) is 4.90. The van der Waals surface area contributed by atoms with Crippen molar-refractivity contribution in [1.82, 2.24) is 4.98 Å². The van der Waals surface area contributed by atoms with Crippen LogP contribution >= 0.6 is 0 Å². The molecule has 0 saturated heterocycles. The van der Waals surface area contributed by atoms with Crippen molar-refractivity contribution in [1.29, 1.82) is 0 Å². The molecular formula is C40H29NO2. The summed E-state index contributed by atoms with van der Waals surface area (Å²) in [6, 6.07) is 48.1. The van der Waals surface area contributed by atoms with Crippen LogP contribution in [0.4, 0.5) is 0 Å². The number of hydrogen-bond donors (Lipinski definition) is 2. The van der Waals surface area contributed by atoms with Crippen LogP contribution in [0, 0.1) is 6.92 Å². The Morgan fingerprint density at radius 1 is 0.395 bits per heavy atom. The van der Waals surface area contributed by atoms with Crippen LogP contribution in [0.15, 0.2) is 146 Å². The molecule has 0 aliphatic carbocycles. The van der Waals surface area contributed by atoms with Gasteiger partial charge >= 0.3 is 0 Å². The van der Waals surface area contributed by atoms with Gasteiger partial charge in [-0.2, -0.15) is 0 Å². The molecule has 43 heavy (non-hydrogen) atoms. The average Bonchev–Trinajstić information content (AvgIpc) is 3.05. The van der Waals surface area contributed by atoms with E-state index in [1.165, 1.54) is 0 Å². The van der Waals surface area contributed by atoms with Crippen LogP contribution in [0.5, 0.6) is 11.5 Å². The number of nitrogens with zero attached hydrogens (tertiary/aromatic N) is 1. The molecule has 0 saturated carbocycles. The summed E-state index contributed by atoms with van der Waals surface area (Å²) in [6.07, 6.45) is 0. The minimum Gasteiger partial charge on any atom is -0.507 e. The molecule has 0 radical (unpaired) electrons. The normalized spacial score (nSPS) is 11.1. The fourth-order valence-electron chi connectivity index (χ4n) is 5.83. The van der Waals surface area contributed by atoms with E-state index in [-0.39, 0.29) is 11.5 Å². The number of phenols is 2. The first kappa shape index (κ1) is 26.2. The second-order valence-electron chi connectivity index (χ2n) is 10.8. The van der Waals surface area contributed by atoms with E-state index in [9.17, 15) is 10.2 Å². The molecule has 6 aromatic carbocycles. The number of aromatic hydroxyl groups is 2. The number of rotatable bonds is 5. The van der Waals surface area contributed by atoms with E-state index in [1.54, 1.807) is 0 Å². The summed E-state index contributed by atoms with van der Waals surface area (Å²) < 4.78 is 0. The van der Waals surface area contributed by atoms with Gasteiger partial charge in [-0.15, -0.1) is 0 Å². The van der Waals surface area contributed by atoms with Gasteiger partial charge in [-0.25, -0.2) is 0 Å². The molecule has 0 unspecified atom stereocenters. The maximum Gasteiger partial charge on any atom is 0.131 e. The summed E-state index contributed by atoms with van der Waals surface area (Å²) in [5.41, 5.74) is 10.3.